The highest BCUT2D eigenvalue weighted by atomic mass is 15.3. The predicted molar refractivity (Wildman–Crippen MR) is 101 cm³/mol. The summed E-state index contributed by atoms with van der Waals surface area (Å²) in [6.45, 7) is 11.3. The molecule has 0 N–H and O–H groups in total. The molecule has 0 aromatic carbocycles. The summed E-state index contributed by atoms with van der Waals surface area (Å²) in [5, 5.41) is 0.465. The number of hydrogen-bond acceptors (Lipinski definition) is 1. The van der Waals surface area contributed by atoms with Gasteiger partial charge in [0.25, 0.3) is 0 Å². The lowest BCUT2D eigenvalue weighted by molar-refractivity contribution is 0.230. The number of rotatable bonds is 10. The fourth-order valence-corrected chi connectivity index (χ4v) is 4.61. The SMILES string of the molecule is CN1CC1C(C)(C)C(C)(C)BCCCCCCC1CCCC1. The Kier molecular flexibility index (Phi) is 6.45. The van der Waals surface area contributed by atoms with Gasteiger partial charge in [0.1, 0.15) is 7.28 Å². The van der Waals surface area contributed by atoms with Gasteiger partial charge in [0.05, 0.1) is 0 Å². The van der Waals surface area contributed by atoms with Crippen molar-refractivity contribution in [2.24, 2.45) is 11.3 Å². The lowest BCUT2D eigenvalue weighted by Crippen LogP contribution is -2.37. The average Bonchev–Trinajstić information content (AvgIpc) is 2.98. The van der Waals surface area contributed by atoms with Crippen molar-refractivity contribution < 1.29 is 0 Å². The third-order valence-corrected chi connectivity index (χ3v) is 7.33. The summed E-state index contributed by atoms with van der Waals surface area (Å²) in [7, 11) is 3.67. The first kappa shape index (κ1) is 18.4. The Morgan fingerprint density at radius 3 is 2.14 bits per heavy atom. The van der Waals surface area contributed by atoms with Crippen molar-refractivity contribution in [3.63, 3.8) is 0 Å². The molecule has 0 aromatic heterocycles. The molecule has 2 heteroatoms. The standard InChI is InChI=1S/C20H40BN/c1-19(2,18-16-22(18)5)20(3,4)21-15-11-7-6-8-12-17-13-9-10-14-17/h17-18,21H,6-16H2,1-5H3. The third-order valence-electron chi connectivity index (χ3n) is 7.33. The van der Waals surface area contributed by atoms with E-state index in [9.17, 15) is 0 Å². The van der Waals surface area contributed by atoms with Crippen LogP contribution in [0.4, 0.5) is 0 Å². The van der Waals surface area contributed by atoms with Crippen molar-refractivity contribution in [2.45, 2.75) is 103 Å². The van der Waals surface area contributed by atoms with Crippen LogP contribution in [0.25, 0.3) is 0 Å². The van der Waals surface area contributed by atoms with E-state index in [1.165, 1.54) is 77.9 Å². The van der Waals surface area contributed by atoms with Gasteiger partial charge in [0, 0.05) is 12.6 Å². The largest absolute Gasteiger partial charge is 0.300 e. The summed E-state index contributed by atoms with van der Waals surface area (Å²) >= 11 is 0. The maximum Gasteiger partial charge on any atom is 0.128 e. The summed E-state index contributed by atoms with van der Waals surface area (Å²) in [4.78, 5) is 2.50. The normalized spacial score (nSPS) is 26.4. The lowest BCUT2D eigenvalue weighted by Gasteiger charge is -2.42. The monoisotopic (exact) mass is 305 g/mol. The smallest absolute Gasteiger partial charge is 0.128 e. The second kappa shape index (κ2) is 7.73. The lowest BCUT2D eigenvalue weighted by atomic mass is 9.42. The van der Waals surface area contributed by atoms with Crippen LogP contribution in [0.1, 0.15) is 85.5 Å². The molecule has 2 atom stereocenters. The van der Waals surface area contributed by atoms with E-state index in [1.807, 2.05) is 0 Å². The van der Waals surface area contributed by atoms with Crippen LogP contribution >= 0.6 is 0 Å². The van der Waals surface area contributed by atoms with Gasteiger partial charge in [-0.15, -0.1) is 0 Å². The zero-order valence-electron chi connectivity index (χ0n) is 16.1. The molecule has 1 aliphatic heterocycles. The molecule has 0 bridgehead atoms. The Morgan fingerprint density at radius 2 is 1.55 bits per heavy atom. The van der Waals surface area contributed by atoms with Crippen LogP contribution < -0.4 is 0 Å². The van der Waals surface area contributed by atoms with Gasteiger partial charge in [-0.1, -0.05) is 97.1 Å². The van der Waals surface area contributed by atoms with E-state index >= 15 is 0 Å². The summed E-state index contributed by atoms with van der Waals surface area (Å²) in [5.41, 5.74) is 0.449. The number of hydrogen-bond donors (Lipinski definition) is 0. The second-order valence-electron chi connectivity index (χ2n) is 9.52. The Balaban J connectivity index is 1.53. The van der Waals surface area contributed by atoms with Crippen molar-refractivity contribution in [2.75, 3.05) is 13.6 Å². The minimum absolute atomic E-state index is 0.449. The van der Waals surface area contributed by atoms with Crippen LogP contribution in [0.5, 0.6) is 0 Å². The summed E-state index contributed by atoms with van der Waals surface area (Å²) in [6.07, 6.45) is 14.9. The molecule has 2 fully saturated rings. The van der Waals surface area contributed by atoms with E-state index < -0.39 is 0 Å². The highest BCUT2D eigenvalue weighted by Gasteiger charge is 2.50. The van der Waals surface area contributed by atoms with Gasteiger partial charge < -0.3 is 4.90 Å². The van der Waals surface area contributed by atoms with Crippen LogP contribution in [-0.2, 0) is 0 Å². The Morgan fingerprint density at radius 1 is 0.955 bits per heavy atom. The van der Waals surface area contributed by atoms with Crippen LogP contribution in [0, 0.1) is 11.3 Å². The quantitative estimate of drug-likeness (QED) is 0.292. The maximum absolute atomic E-state index is 2.50. The molecular formula is C20H40BN. The number of likely N-dealkylation sites (N-methyl/N-ethyl adjacent to an activating group) is 1. The fraction of sp³-hybridized carbons (Fsp3) is 1.00. The molecule has 2 rings (SSSR count). The molecule has 1 saturated heterocycles. The molecule has 0 aromatic rings. The molecule has 1 nitrogen and oxygen atoms in total. The van der Waals surface area contributed by atoms with Crippen LogP contribution in [0.15, 0.2) is 0 Å². The molecule has 0 amide bonds. The Labute approximate surface area is 140 Å². The maximum atomic E-state index is 2.50. The minimum atomic E-state index is 0.449. The Bertz CT molecular complexity index is 331. The summed E-state index contributed by atoms with van der Waals surface area (Å²) in [6, 6.07) is 0.814. The number of unbranched alkanes of at least 4 members (excludes halogenated alkanes) is 3. The predicted octanol–water partition coefficient (Wildman–Crippen LogP) is 5.52. The zero-order valence-corrected chi connectivity index (χ0v) is 16.1. The van der Waals surface area contributed by atoms with Crippen molar-refractivity contribution >= 4 is 7.28 Å². The van der Waals surface area contributed by atoms with Gasteiger partial charge in [-0.05, 0) is 18.4 Å². The van der Waals surface area contributed by atoms with E-state index in [-0.39, 0.29) is 0 Å². The average molecular weight is 305 g/mol. The van der Waals surface area contributed by atoms with Crippen molar-refractivity contribution in [3.8, 4) is 0 Å². The molecule has 2 unspecified atom stereocenters. The minimum Gasteiger partial charge on any atom is -0.300 e. The van der Waals surface area contributed by atoms with Gasteiger partial charge in [0.15, 0.2) is 0 Å². The van der Waals surface area contributed by atoms with Crippen LogP contribution in [0.3, 0.4) is 0 Å². The molecule has 2 aliphatic rings. The van der Waals surface area contributed by atoms with E-state index in [1.54, 1.807) is 0 Å². The van der Waals surface area contributed by atoms with Crippen molar-refractivity contribution in [1.82, 2.24) is 4.90 Å². The van der Waals surface area contributed by atoms with E-state index in [2.05, 4.69) is 39.6 Å². The highest BCUT2D eigenvalue weighted by molar-refractivity contribution is 6.40. The number of nitrogens with zero attached hydrogens (tertiary/aromatic N) is 1. The van der Waals surface area contributed by atoms with Gasteiger partial charge in [-0.25, -0.2) is 0 Å². The highest BCUT2D eigenvalue weighted by Crippen LogP contribution is 2.52. The fourth-order valence-electron chi connectivity index (χ4n) is 4.61. The van der Waals surface area contributed by atoms with E-state index in [4.69, 9.17) is 0 Å². The van der Waals surface area contributed by atoms with E-state index in [0.717, 1.165) is 12.0 Å². The molecule has 0 radical (unpaired) electrons. The first-order valence-corrected chi connectivity index (χ1v) is 10.0. The summed E-state index contributed by atoms with van der Waals surface area (Å²) in [5.74, 6) is 1.09. The molecule has 1 saturated carbocycles. The molecule has 1 aliphatic carbocycles. The first-order valence-electron chi connectivity index (χ1n) is 10.0. The Hall–Kier alpha value is 0.0249. The first-order chi connectivity index (χ1) is 10.3. The molecule has 0 spiro atoms. The molecule has 1 heterocycles. The third kappa shape index (κ3) is 4.76. The van der Waals surface area contributed by atoms with E-state index in [0.29, 0.717) is 10.7 Å². The topological polar surface area (TPSA) is 3.01 Å². The second-order valence-corrected chi connectivity index (χ2v) is 9.52. The van der Waals surface area contributed by atoms with Gasteiger partial charge >= 0.3 is 0 Å². The molecule has 22 heavy (non-hydrogen) atoms. The van der Waals surface area contributed by atoms with Crippen LogP contribution in [-0.4, -0.2) is 31.8 Å². The van der Waals surface area contributed by atoms with Crippen LogP contribution in [0.2, 0.25) is 11.6 Å². The van der Waals surface area contributed by atoms with Crippen molar-refractivity contribution in [3.05, 3.63) is 0 Å². The van der Waals surface area contributed by atoms with Crippen molar-refractivity contribution in [1.29, 1.82) is 0 Å². The van der Waals surface area contributed by atoms with Gasteiger partial charge in [-0.2, -0.15) is 0 Å². The summed E-state index contributed by atoms with van der Waals surface area (Å²) < 4.78 is 0. The molecule has 128 valence electrons. The molecular weight excluding hydrogens is 265 g/mol. The van der Waals surface area contributed by atoms with Gasteiger partial charge in [0.2, 0.25) is 0 Å². The van der Waals surface area contributed by atoms with Gasteiger partial charge in [-0.3, -0.25) is 0 Å². The zero-order chi connectivity index (χ0) is 16.2.